The number of aliphatic hydroxyl groups excluding tert-OH is 1. The number of nitrogens with zero attached hydrogens (tertiary/aromatic N) is 1. The highest BCUT2D eigenvalue weighted by atomic mass is 19.4. The third kappa shape index (κ3) is 3.28. The van der Waals surface area contributed by atoms with Crippen LogP contribution in [0.15, 0.2) is 15.8 Å². The van der Waals surface area contributed by atoms with Crippen LogP contribution >= 0.6 is 0 Å². The van der Waals surface area contributed by atoms with Crippen molar-refractivity contribution in [2.45, 2.75) is 37.8 Å². The van der Waals surface area contributed by atoms with Gasteiger partial charge < -0.3 is 9.84 Å². The molecule has 1 fully saturated rings. The molecule has 2 rings (SSSR count). The van der Waals surface area contributed by atoms with Crippen LogP contribution in [0, 0.1) is 0 Å². The van der Waals surface area contributed by atoms with Gasteiger partial charge in [0.15, 0.2) is 0 Å². The second kappa shape index (κ2) is 5.41. The van der Waals surface area contributed by atoms with Crippen LogP contribution in [0.5, 0.6) is 0 Å². The zero-order valence-electron chi connectivity index (χ0n) is 10.3. The first-order chi connectivity index (χ1) is 9.30. The third-order valence-electron chi connectivity index (χ3n) is 3.05. The summed E-state index contributed by atoms with van der Waals surface area (Å²) in [4.78, 5) is 24.8. The van der Waals surface area contributed by atoms with Crippen LogP contribution in [0.1, 0.15) is 24.5 Å². The van der Waals surface area contributed by atoms with E-state index in [1.165, 1.54) is 0 Å². The largest absolute Gasteiger partial charge is 0.406 e. The Morgan fingerprint density at radius 1 is 1.40 bits per heavy atom. The Morgan fingerprint density at radius 3 is 2.65 bits per heavy atom. The van der Waals surface area contributed by atoms with Gasteiger partial charge in [0.25, 0.3) is 5.56 Å². The summed E-state index contributed by atoms with van der Waals surface area (Å²) in [7, 11) is 0. The molecule has 2 heterocycles. The Kier molecular flexibility index (Phi) is 4.00. The van der Waals surface area contributed by atoms with E-state index in [-0.39, 0.29) is 12.2 Å². The van der Waals surface area contributed by atoms with Crippen LogP contribution in [0.4, 0.5) is 13.2 Å². The molecule has 6 nitrogen and oxygen atoms in total. The van der Waals surface area contributed by atoms with Crippen molar-refractivity contribution in [2.24, 2.45) is 0 Å². The van der Waals surface area contributed by atoms with E-state index in [4.69, 9.17) is 9.84 Å². The van der Waals surface area contributed by atoms with Gasteiger partial charge in [0, 0.05) is 6.20 Å². The molecular formula is C11H13F3N2O4. The molecule has 0 aliphatic carbocycles. The number of halogens is 3. The number of aromatic amines is 1. The highest BCUT2D eigenvalue weighted by Gasteiger charge is 2.31. The molecule has 0 aromatic carbocycles. The number of aromatic nitrogens is 2. The fourth-order valence-corrected chi connectivity index (χ4v) is 2.13. The maximum Gasteiger partial charge on any atom is 0.406 e. The van der Waals surface area contributed by atoms with Crippen molar-refractivity contribution in [1.82, 2.24) is 9.55 Å². The molecule has 1 aliphatic heterocycles. The standard InChI is InChI=1S/C11H13F3N2O4/c12-11(13,14)5-16-3-7(9(18)15-10(16)19)8-2-1-6(4-17)20-8/h3,6,8,17H,1-2,4-5H2,(H,15,18,19). The summed E-state index contributed by atoms with van der Waals surface area (Å²) in [5.41, 5.74) is -1.92. The van der Waals surface area contributed by atoms with Crippen LogP contribution in [0.2, 0.25) is 0 Å². The second-order valence-electron chi connectivity index (χ2n) is 4.59. The Hall–Kier alpha value is -1.61. The van der Waals surface area contributed by atoms with Crippen molar-refractivity contribution in [2.75, 3.05) is 6.61 Å². The number of nitrogens with one attached hydrogen (secondary N) is 1. The molecule has 112 valence electrons. The summed E-state index contributed by atoms with van der Waals surface area (Å²) in [6.07, 6.45) is -3.95. The van der Waals surface area contributed by atoms with E-state index in [2.05, 4.69) is 0 Å². The zero-order chi connectivity index (χ0) is 14.9. The van der Waals surface area contributed by atoms with Crippen LogP contribution in [0.25, 0.3) is 0 Å². The van der Waals surface area contributed by atoms with Crippen molar-refractivity contribution in [3.63, 3.8) is 0 Å². The van der Waals surface area contributed by atoms with Crippen LogP contribution in [-0.4, -0.2) is 33.5 Å². The van der Waals surface area contributed by atoms with Crippen LogP contribution in [0.3, 0.4) is 0 Å². The molecular weight excluding hydrogens is 281 g/mol. The zero-order valence-corrected chi connectivity index (χ0v) is 10.3. The molecule has 9 heteroatoms. The van der Waals surface area contributed by atoms with Crippen LogP contribution < -0.4 is 11.2 Å². The first-order valence-corrected chi connectivity index (χ1v) is 5.97. The molecule has 1 aliphatic rings. The summed E-state index contributed by atoms with van der Waals surface area (Å²) in [6, 6.07) is 0. The predicted octanol–water partition coefficient (Wildman–Crippen LogP) is 0.311. The number of ether oxygens (including phenoxy) is 1. The van der Waals surface area contributed by atoms with E-state index in [1.807, 2.05) is 4.98 Å². The fraction of sp³-hybridized carbons (Fsp3) is 0.636. The molecule has 0 radical (unpaired) electrons. The maximum absolute atomic E-state index is 12.3. The Balaban J connectivity index is 2.32. The average molecular weight is 294 g/mol. The van der Waals surface area contributed by atoms with Crippen LogP contribution in [-0.2, 0) is 11.3 Å². The van der Waals surface area contributed by atoms with E-state index in [0.717, 1.165) is 6.20 Å². The van der Waals surface area contributed by atoms with Gasteiger partial charge in [0.2, 0.25) is 0 Å². The molecule has 1 saturated heterocycles. The lowest BCUT2D eigenvalue weighted by molar-refractivity contribution is -0.141. The monoisotopic (exact) mass is 294 g/mol. The number of H-pyrrole nitrogens is 1. The molecule has 2 N–H and O–H groups in total. The summed E-state index contributed by atoms with van der Waals surface area (Å²) >= 11 is 0. The number of hydrogen-bond acceptors (Lipinski definition) is 4. The summed E-state index contributed by atoms with van der Waals surface area (Å²) in [5, 5.41) is 8.94. The van der Waals surface area contributed by atoms with Gasteiger partial charge in [-0.15, -0.1) is 0 Å². The van der Waals surface area contributed by atoms with E-state index in [9.17, 15) is 22.8 Å². The van der Waals surface area contributed by atoms with E-state index < -0.39 is 36.2 Å². The van der Waals surface area contributed by atoms with Crippen molar-refractivity contribution >= 4 is 0 Å². The van der Waals surface area contributed by atoms with Gasteiger partial charge in [-0.05, 0) is 12.8 Å². The van der Waals surface area contributed by atoms with Gasteiger partial charge in [-0.2, -0.15) is 13.2 Å². The normalized spacial score (nSPS) is 23.2. The Labute approximate surface area is 110 Å². The summed E-state index contributed by atoms with van der Waals surface area (Å²) in [5.74, 6) is 0. The minimum Gasteiger partial charge on any atom is -0.394 e. The number of alkyl halides is 3. The molecule has 20 heavy (non-hydrogen) atoms. The molecule has 2 atom stereocenters. The Bertz CT molecular complexity index is 593. The van der Waals surface area contributed by atoms with Crippen molar-refractivity contribution in [3.8, 4) is 0 Å². The lowest BCUT2D eigenvalue weighted by Gasteiger charge is -2.14. The number of aliphatic hydroxyl groups is 1. The van der Waals surface area contributed by atoms with Gasteiger partial charge in [-0.3, -0.25) is 14.3 Å². The third-order valence-corrected chi connectivity index (χ3v) is 3.05. The van der Waals surface area contributed by atoms with Crippen molar-refractivity contribution in [1.29, 1.82) is 0 Å². The first-order valence-electron chi connectivity index (χ1n) is 5.97. The molecule has 0 amide bonds. The SMILES string of the molecule is O=c1[nH]c(=O)n(CC(F)(F)F)cc1C1CCC(CO)O1. The molecule has 0 bridgehead atoms. The highest BCUT2D eigenvalue weighted by molar-refractivity contribution is 5.10. The van der Waals surface area contributed by atoms with Gasteiger partial charge in [-0.1, -0.05) is 0 Å². The van der Waals surface area contributed by atoms with Gasteiger partial charge >= 0.3 is 11.9 Å². The Morgan fingerprint density at radius 2 is 2.10 bits per heavy atom. The lowest BCUT2D eigenvalue weighted by atomic mass is 10.1. The highest BCUT2D eigenvalue weighted by Crippen LogP contribution is 2.30. The molecule has 0 saturated carbocycles. The van der Waals surface area contributed by atoms with Crippen molar-refractivity contribution < 1.29 is 23.0 Å². The van der Waals surface area contributed by atoms with E-state index in [1.54, 1.807) is 0 Å². The van der Waals surface area contributed by atoms with Crippen molar-refractivity contribution in [3.05, 3.63) is 32.6 Å². The van der Waals surface area contributed by atoms with Gasteiger partial charge in [0.05, 0.1) is 24.4 Å². The van der Waals surface area contributed by atoms with Gasteiger partial charge in [0.1, 0.15) is 6.54 Å². The number of rotatable bonds is 3. The minimum absolute atomic E-state index is 0.0372. The average Bonchev–Trinajstić information content (AvgIpc) is 2.79. The maximum atomic E-state index is 12.3. The fourth-order valence-electron chi connectivity index (χ4n) is 2.13. The summed E-state index contributed by atoms with van der Waals surface area (Å²) < 4.78 is 42.7. The number of hydrogen-bond donors (Lipinski definition) is 2. The smallest absolute Gasteiger partial charge is 0.394 e. The van der Waals surface area contributed by atoms with Gasteiger partial charge in [-0.25, -0.2) is 4.79 Å². The molecule has 2 unspecified atom stereocenters. The quantitative estimate of drug-likeness (QED) is 0.840. The minimum atomic E-state index is -4.57. The molecule has 1 aromatic rings. The topological polar surface area (TPSA) is 84.3 Å². The molecule has 0 spiro atoms. The predicted molar refractivity (Wildman–Crippen MR) is 61.3 cm³/mol. The second-order valence-corrected chi connectivity index (χ2v) is 4.59. The lowest BCUT2D eigenvalue weighted by Crippen LogP contribution is -2.36. The summed E-state index contributed by atoms with van der Waals surface area (Å²) in [6.45, 7) is -1.71. The first kappa shape index (κ1) is 14.8. The van der Waals surface area contributed by atoms with E-state index in [0.29, 0.717) is 17.4 Å². The molecule has 1 aromatic heterocycles. The van der Waals surface area contributed by atoms with E-state index >= 15 is 0 Å².